The van der Waals surface area contributed by atoms with E-state index in [1.54, 1.807) is 12.1 Å². The number of halogens is 1. The van der Waals surface area contributed by atoms with Crippen molar-refractivity contribution in [2.45, 2.75) is 6.92 Å². The van der Waals surface area contributed by atoms with E-state index in [4.69, 9.17) is 4.74 Å². The van der Waals surface area contributed by atoms with E-state index in [0.29, 0.717) is 5.56 Å². The van der Waals surface area contributed by atoms with Crippen LogP contribution in [-0.4, -0.2) is 12.4 Å². The van der Waals surface area contributed by atoms with E-state index >= 15 is 0 Å². The Morgan fingerprint density at radius 1 is 1.17 bits per heavy atom. The molecule has 3 heteroatoms. The van der Waals surface area contributed by atoms with Gasteiger partial charge in [-0.1, -0.05) is 40.2 Å². The highest BCUT2D eigenvalue weighted by Crippen LogP contribution is 2.14. The number of aryl methyl sites for hydroxylation is 1. The largest absolute Gasteiger partial charge is 0.485 e. The zero-order valence-corrected chi connectivity index (χ0v) is 11.6. The van der Waals surface area contributed by atoms with Crippen molar-refractivity contribution < 1.29 is 9.53 Å². The Balaban J connectivity index is 1.98. The van der Waals surface area contributed by atoms with Crippen molar-refractivity contribution >= 4 is 21.7 Å². The maximum atomic E-state index is 11.9. The van der Waals surface area contributed by atoms with Crippen molar-refractivity contribution in [3.63, 3.8) is 0 Å². The SMILES string of the molecule is Cc1cccc(OCC(=O)c2ccc(Br)cc2)c1. The predicted molar refractivity (Wildman–Crippen MR) is 75.1 cm³/mol. The number of ether oxygens (including phenoxy) is 1. The fraction of sp³-hybridized carbons (Fsp3) is 0.133. The van der Waals surface area contributed by atoms with Crippen molar-refractivity contribution in [1.29, 1.82) is 0 Å². The summed E-state index contributed by atoms with van der Waals surface area (Å²) in [5.41, 5.74) is 1.77. The van der Waals surface area contributed by atoms with Crippen LogP contribution in [0.25, 0.3) is 0 Å². The minimum Gasteiger partial charge on any atom is -0.485 e. The van der Waals surface area contributed by atoms with E-state index < -0.39 is 0 Å². The summed E-state index contributed by atoms with van der Waals surface area (Å²) < 4.78 is 6.43. The van der Waals surface area contributed by atoms with Gasteiger partial charge in [0.25, 0.3) is 0 Å². The maximum Gasteiger partial charge on any atom is 0.200 e. The van der Waals surface area contributed by atoms with Crippen LogP contribution < -0.4 is 4.74 Å². The van der Waals surface area contributed by atoms with Crippen LogP contribution in [0.2, 0.25) is 0 Å². The zero-order valence-electron chi connectivity index (χ0n) is 10.0. The van der Waals surface area contributed by atoms with E-state index in [9.17, 15) is 4.79 Å². The van der Waals surface area contributed by atoms with E-state index in [1.165, 1.54) is 0 Å². The summed E-state index contributed by atoms with van der Waals surface area (Å²) in [5, 5.41) is 0. The summed E-state index contributed by atoms with van der Waals surface area (Å²) in [5.74, 6) is 0.699. The van der Waals surface area contributed by atoms with Crippen LogP contribution in [0.15, 0.2) is 53.0 Å². The minimum atomic E-state index is -0.0241. The number of hydrogen-bond donors (Lipinski definition) is 0. The summed E-state index contributed by atoms with van der Waals surface area (Å²) in [6.07, 6.45) is 0. The number of rotatable bonds is 4. The number of Topliss-reactive ketones (excluding diaryl/α,β-unsaturated/α-hetero) is 1. The third-order valence-electron chi connectivity index (χ3n) is 2.53. The topological polar surface area (TPSA) is 26.3 Å². The fourth-order valence-electron chi connectivity index (χ4n) is 1.57. The molecule has 2 nitrogen and oxygen atoms in total. The first-order chi connectivity index (χ1) is 8.65. The highest BCUT2D eigenvalue weighted by molar-refractivity contribution is 9.10. The van der Waals surface area contributed by atoms with Crippen LogP contribution in [0, 0.1) is 6.92 Å². The first-order valence-corrected chi connectivity index (χ1v) is 6.43. The molecule has 0 spiro atoms. The third kappa shape index (κ3) is 3.44. The van der Waals surface area contributed by atoms with Gasteiger partial charge in [-0.05, 0) is 36.8 Å². The molecule has 0 aliphatic carbocycles. The van der Waals surface area contributed by atoms with Crippen molar-refractivity contribution in [1.82, 2.24) is 0 Å². The van der Waals surface area contributed by atoms with Gasteiger partial charge in [0.05, 0.1) is 0 Å². The van der Waals surface area contributed by atoms with Crippen molar-refractivity contribution in [3.05, 3.63) is 64.1 Å². The molecule has 0 saturated carbocycles. The number of benzene rings is 2. The molecule has 2 rings (SSSR count). The van der Waals surface area contributed by atoms with Gasteiger partial charge in [-0.2, -0.15) is 0 Å². The van der Waals surface area contributed by atoms with Gasteiger partial charge in [-0.15, -0.1) is 0 Å². The molecular weight excluding hydrogens is 292 g/mol. The van der Waals surface area contributed by atoms with Gasteiger partial charge >= 0.3 is 0 Å². The smallest absolute Gasteiger partial charge is 0.200 e. The van der Waals surface area contributed by atoms with Crippen molar-refractivity contribution in [2.24, 2.45) is 0 Å². The summed E-state index contributed by atoms with van der Waals surface area (Å²) in [6.45, 7) is 2.05. The highest BCUT2D eigenvalue weighted by Gasteiger charge is 2.06. The second-order valence-corrected chi connectivity index (χ2v) is 4.95. The molecule has 18 heavy (non-hydrogen) atoms. The summed E-state index contributed by atoms with van der Waals surface area (Å²) in [4.78, 5) is 11.9. The molecule has 0 aliphatic heterocycles. The molecule has 2 aromatic carbocycles. The second kappa shape index (κ2) is 5.83. The van der Waals surface area contributed by atoms with Crippen LogP contribution in [0.5, 0.6) is 5.75 Å². The van der Waals surface area contributed by atoms with Crippen LogP contribution in [-0.2, 0) is 0 Å². The van der Waals surface area contributed by atoms with Gasteiger partial charge in [0.1, 0.15) is 5.75 Å². The lowest BCUT2D eigenvalue weighted by molar-refractivity contribution is 0.0921. The lowest BCUT2D eigenvalue weighted by Gasteiger charge is -2.06. The molecule has 0 heterocycles. The van der Waals surface area contributed by atoms with Gasteiger partial charge in [0.15, 0.2) is 12.4 Å². The molecule has 92 valence electrons. The lowest BCUT2D eigenvalue weighted by Crippen LogP contribution is -2.11. The molecule has 0 fully saturated rings. The van der Waals surface area contributed by atoms with Gasteiger partial charge in [-0.25, -0.2) is 0 Å². The molecule has 0 atom stereocenters. The van der Waals surface area contributed by atoms with E-state index in [-0.39, 0.29) is 12.4 Å². The number of hydrogen-bond acceptors (Lipinski definition) is 2. The van der Waals surface area contributed by atoms with Crippen LogP contribution >= 0.6 is 15.9 Å². The van der Waals surface area contributed by atoms with E-state index in [1.807, 2.05) is 43.3 Å². The number of carbonyl (C=O) groups excluding carboxylic acids is 1. The molecule has 2 aromatic rings. The highest BCUT2D eigenvalue weighted by atomic mass is 79.9. The molecule has 0 aromatic heterocycles. The Morgan fingerprint density at radius 2 is 1.89 bits per heavy atom. The van der Waals surface area contributed by atoms with Gasteiger partial charge in [0, 0.05) is 10.0 Å². The average Bonchev–Trinajstić information content (AvgIpc) is 2.37. The summed E-state index contributed by atoms with van der Waals surface area (Å²) >= 11 is 3.34. The Labute approximate surface area is 115 Å². The number of ketones is 1. The summed E-state index contributed by atoms with van der Waals surface area (Å²) in [6, 6.07) is 14.9. The Kier molecular flexibility index (Phi) is 4.15. The molecule has 0 radical (unpaired) electrons. The van der Waals surface area contributed by atoms with Crippen LogP contribution in [0.1, 0.15) is 15.9 Å². The number of carbonyl (C=O) groups is 1. The Bertz CT molecular complexity index is 547. The Hall–Kier alpha value is -1.61. The summed E-state index contributed by atoms with van der Waals surface area (Å²) in [7, 11) is 0. The first-order valence-electron chi connectivity index (χ1n) is 5.63. The minimum absolute atomic E-state index is 0.0241. The van der Waals surface area contributed by atoms with Gasteiger partial charge in [0.2, 0.25) is 0 Å². The fourth-order valence-corrected chi connectivity index (χ4v) is 1.84. The zero-order chi connectivity index (χ0) is 13.0. The second-order valence-electron chi connectivity index (χ2n) is 4.04. The average molecular weight is 305 g/mol. The quantitative estimate of drug-likeness (QED) is 0.798. The van der Waals surface area contributed by atoms with Gasteiger partial charge < -0.3 is 4.74 Å². The predicted octanol–water partition coefficient (Wildman–Crippen LogP) is 4.02. The molecule has 0 bridgehead atoms. The third-order valence-corrected chi connectivity index (χ3v) is 3.05. The van der Waals surface area contributed by atoms with E-state index in [0.717, 1.165) is 15.8 Å². The maximum absolute atomic E-state index is 11.9. The van der Waals surface area contributed by atoms with Crippen LogP contribution in [0.3, 0.4) is 0 Å². The first kappa shape index (κ1) is 12.8. The lowest BCUT2D eigenvalue weighted by atomic mass is 10.1. The molecular formula is C15H13BrO2. The Morgan fingerprint density at radius 3 is 2.56 bits per heavy atom. The standard InChI is InChI=1S/C15H13BrO2/c1-11-3-2-4-14(9-11)18-10-15(17)12-5-7-13(16)8-6-12/h2-9H,10H2,1H3. The van der Waals surface area contributed by atoms with E-state index in [2.05, 4.69) is 15.9 Å². The van der Waals surface area contributed by atoms with Gasteiger partial charge in [-0.3, -0.25) is 4.79 Å². The molecule has 0 aliphatic rings. The molecule has 0 unspecified atom stereocenters. The normalized spacial score (nSPS) is 10.1. The molecule has 0 saturated heterocycles. The molecule has 0 N–H and O–H groups in total. The molecule has 0 amide bonds. The monoisotopic (exact) mass is 304 g/mol. The van der Waals surface area contributed by atoms with Crippen LogP contribution in [0.4, 0.5) is 0 Å². The van der Waals surface area contributed by atoms with Crippen molar-refractivity contribution in [3.8, 4) is 5.75 Å². The van der Waals surface area contributed by atoms with Crippen molar-refractivity contribution in [2.75, 3.05) is 6.61 Å².